The Balaban J connectivity index is 0.00000208. The number of halogens is 1. The maximum absolute atomic E-state index is 12.7. The smallest absolute Gasteiger partial charge is 0.316 e. The van der Waals surface area contributed by atoms with Gasteiger partial charge >= 0.3 is 5.97 Å². The van der Waals surface area contributed by atoms with E-state index in [-0.39, 0.29) is 29.3 Å². The van der Waals surface area contributed by atoms with E-state index in [9.17, 15) is 13.2 Å². The zero-order chi connectivity index (χ0) is 16.7. The van der Waals surface area contributed by atoms with Crippen LogP contribution in [0, 0.1) is 0 Å². The molecule has 0 aromatic heterocycles. The second kappa shape index (κ2) is 7.00. The summed E-state index contributed by atoms with van der Waals surface area (Å²) in [6.45, 7) is 0.848. The van der Waals surface area contributed by atoms with E-state index in [2.05, 4.69) is 0 Å². The molecule has 0 bridgehead atoms. The second-order valence-corrected chi connectivity index (χ2v) is 8.14. The Labute approximate surface area is 148 Å². The zero-order valence-corrected chi connectivity index (χ0v) is 15.2. The Bertz CT molecular complexity index is 701. The van der Waals surface area contributed by atoms with E-state index in [1.165, 1.54) is 11.4 Å². The number of hydrogen-bond donors (Lipinski definition) is 1. The minimum absolute atomic E-state index is 0. The Morgan fingerprint density at radius 2 is 1.96 bits per heavy atom. The summed E-state index contributed by atoms with van der Waals surface area (Å²) >= 11 is 0. The van der Waals surface area contributed by atoms with Crippen LogP contribution in [-0.2, 0) is 25.0 Å². The van der Waals surface area contributed by atoms with Gasteiger partial charge < -0.3 is 10.5 Å². The summed E-state index contributed by atoms with van der Waals surface area (Å²) < 4.78 is 31.9. The van der Waals surface area contributed by atoms with Crippen LogP contribution in [0.1, 0.15) is 31.2 Å². The number of esters is 1. The van der Waals surface area contributed by atoms with Crippen molar-refractivity contribution in [1.29, 1.82) is 0 Å². The van der Waals surface area contributed by atoms with Crippen LogP contribution in [-0.4, -0.2) is 44.9 Å². The van der Waals surface area contributed by atoms with Crippen molar-refractivity contribution >= 4 is 28.4 Å². The third-order valence-electron chi connectivity index (χ3n) is 4.93. The molecule has 1 unspecified atom stereocenters. The van der Waals surface area contributed by atoms with Crippen molar-refractivity contribution in [3.05, 3.63) is 29.8 Å². The van der Waals surface area contributed by atoms with Gasteiger partial charge in [-0.1, -0.05) is 12.1 Å². The first-order chi connectivity index (χ1) is 11.0. The SMILES string of the molecule is COC(=O)C1(c2ccc(S(=O)(=O)N3CCCC3CN)cc2)CC1.Cl. The maximum Gasteiger partial charge on any atom is 0.316 e. The number of carbonyl (C=O) groups excluding carboxylic acids is 1. The highest BCUT2D eigenvalue weighted by Gasteiger charge is 2.52. The summed E-state index contributed by atoms with van der Waals surface area (Å²) in [6, 6.07) is 6.50. The van der Waals surface area contributed by atoms with Crippen molar-refractivity contribution in [3.63, 3.8) is 0 Å². The molecule has 1 atom stereocenters. The van der Waals surface area contributed by atoms with Crippen molar-refractivity contribution in [2.24, 2.45) is 5.73 Å². The van der Waals surface area contributed by atoms with Gasteiger partial charge in [-0.05, 0) is 43.4 Å². The van der Waals surface area contributed by atoms with E-state index in [1.807, 2.05) is 0 Å². The van der Waals surface area contributed by atoms with Crippen molar-refractivity contribution < 1.29 is 17.9 Å². The summed E-state index contributed by atoms with van der Waals surface area (Å²) in [7, 11) is -2.15. The van der Waals surface area contributed by atoms with Crippen LogP contribution in [0.2, 0.25) is 0 Å². The first kappa shape index (κ1) is 19.2. The molecule has 0 spiro atoms. The molecule has 1 aromatic rings. The minimum atomic E-state index is -3.53. The van der Waals surface area contributed by atoms with Gasteiger partial charge in [-0.25, -0.2) is 8.42 Å². The summed E-state index contributed by atoms with van der Waals surface area (Å²) in [4.78, 5) is 12.2. The second-order valence-electron chi connectivity index (χ2n) is 6.25. The molecule has 1 heterocycles. The van der Waals surface area contributed by atoms with Gasteiger partial charge in [-0.2, -0.15) is 4.31 Å². The van der Waals surface area contributed by atoms with Crippen LogP contribution < -0.4 is 5.73 Å². The molecule has 1 saturated carbocycles. The summed E-state index contributed by atoms with van der Waals surface area (Å²) in [5, 5.41) is 0. The van der Waals surface area contributed by atoms with E-state index in [0.717, 1.165) is 31.2 Å². The minimum Gasteiger partial charge on any atom is -0.468 e. The summed E-state index contributed by atoms with van der Waals surface area (Å²) in [6.07, 6.45) is 3.13. The lowest BCUT2D eigenvalue weighted by Gasteiger charge is -2.23. The molecular formula is C16H23ClN2O4S. The van der Waals surface area contributed by atoms with Gasteiger partial charge in [0.1, 0.15) is 0 Å². The number of hydrogen-bond acceptors (Lipinski definition) is 5. The van der Waals surface area contributed by atoms with Gasteiger partial charge in [-0.3, -0.25) is 4.79 Å². The molecule has 3 rings (SSSR count). The topological polar surface area (TPSA) is 89.7 Å². The molecule has 2 aliphatic rings. The third-order valence-corrected chi connectivity index (χ3v) is 6.90. The summed E-state index contributed by atoms with van der Waals surface area (Å²) in [5.41, 5.74) is 5.92. The molecule has 1 saturated heterocycles. The molecule has 0 amide bonds. The fourth-order valence-electron chi connectivity index (χ4n) is 3.37. The Morgan fingerprint density at radius 1 is 1.33 bits per heavy atom. The third kappa shape index (κ3) is 3.06. The highest BCUT2D eigenvalue weighted by Crippen LogP contribution is 2.49. The molecular weight excluding hydrogens is 352 g/mol. The van der Waals surface area contributed by atoms with Crippen molar-refractivity contribution in [2.75, 3.05) is 20.2 Å². The molecule has 134 valence electrons. The van der Waals surface area contributed by atoms with E-state index < -0.39 is 15.4 Å². The molecule has 6 nitrogen and oxygen atoms in total. The number of ether oxygens (including phenoxy) is 1. The maximum atomic E-state index is 12.7. The zero-order valence-electron chi connectivity index (χ0n) is 13.6. The Kier molecular flexibility index (Phi) is 5.59. The highest BCUT2D eigenvalue weighted by atomic mass is 35.5. The predicted molar refractivity (Wildman–Crippen MR) is 92.6 cm³/mol. The average Bonchev–Trinajstić information content (AvgIpc) is 3.23. The molecule has 24 heavy (non-hydrogen) atoms. The molecule has 1 aliphatic heterocycles. The van der Waals surface area contributed by atoms with Crippen LogP contribution in [0.3, 0.4) is 0 Å². The number of nitrogens with zero attached hydrogens (tertiary/aromatic N) is 1. The predicted octanol–water partition coefficient (Wildman–Crippen LogP) is 1.42. The van der Waals surface area contributed by atoms with Crippen LogP contribution in [0.15, 0.2) is 29.2 Å². The monoisotopic (exact) mass is 374 g/mol. The van der Waals surface area contributed by atoms with Crippen LogP contribution >= 0.6 is 12.4 Å². The van der Waals surface area contributed by atoms with Crippen molar-refractivity contribution in [1.82, 2.24) is 4.31 Å². The van der Waals surface area contributed by atoms with E-state index in [0.29, 0.717) is 13.1 Å². The quantitative estimate of drug-likeness (QED) is 0.787. The fourth-order valence-corrected chi connectivity index (χ4v) is 5.08. The van der Waals surface area contributed by atoms with Crippen molar-refractivity contribution in [2.45, 2.75) is 42.0 Å². The fraction of sp³-hybridized carbons (Fsp3) is 0.562. The number of nitrogens with two attached hydrogens (primary N) is 1. The highest BCUT2D eigenvalue weighted by molar-refractivity contribution is 7.89. The number of sulfonamides is 1. The molecule has 1 aromatic carbocycles. The van der Waals surface area contributed by atoms with Gasteiger partial charge in [0.05, 0.1) is 17.4 Å². The number of rotatable bonds is 5. The molecule has 2 fully saturated rings. The lowest BCUT2D eigenvalue weighted by Crippen LogP contribution is -2.39. The Morgan fingerprint density at radius 3 is 2.46 bits per heavy atom. The van der Waals surface area contributed by atoms with E-state index in [1.54, 1.807) is 24.3 Å². The van der Waals surface area contributed by atoms with Gasteiger partial charge in [0, 0.05) is 19.1 Å². The van der Waals surface area contributed by atoms with Crippen LogP contribution in [0.4, 0.5) is 0 Å². The number of methoxy groups -OCH3 is 1. The van der Waals surface area contributed by atoms with Gasteiger partial charge in [0.25, 0.3) is 0 Å². The van der Waals surface area contributed by atoms with E-state index in [4.69, 9.17) is 10.5 Å². The van der Waals surface area contributed by atoms with Gasteiger partial charge in [0.15, 0.2) is 0 Å². The lowest BCUT2D eigenvalue weighted by atomic mass is 9.96. The standard InChI is InChI=1S/C16H22N2O4S.ClH/c1-22-15(19)16(8-9-16)12-4-6-14(7-5-12)23(20,21)18-10-2-3-13(18)11-17;/h4-7,13H,2-3,8-11,17H2,1H3;1H. The molecule has 8 heteroatoms. The first-order valence-electron chi connectivity index (χ1n) is 7.86. The summed E-state index contributed by atoms with van der Waals surface area (Å²) in [5.74, 6) is -0.254. The number of benzene rings is 1. The van der Waals surface area contributed by atoms with Crippen molar-refractivity contribution in [3.8, 4) is 0 Å². The van der Waals surface area contributed by atoms with Gasteiger partial charge in [0.2, 0.25) is 10.0 Å². The molecule has 1 aliphatic carbocycles. The lowest BCUT2D eigenvalue weighted by molar-refractivity contribution is -0.143. The average molecular weight is 375 g/mol. The normalized spacial score (nSPS) is 22.7. The van der Waals surface area contributed by atoms with Gasteiger partial charge in [-0.15, -0.1) is 12.4 Å². The first-order valence-corrected chi connectivity index (χ1v) is 9.30. The number of carbonyl (C=O) groups is 1. The van der Waals surface area contributed by atoms with Crippen LogP contribution in [0.25, 0.3) is 0 Å². The van der Waals surface area contributed by atoms with E-state index >= 15 is 0 Å². The van der Waals surface area contributed by atoms with Crippen LogP contribution in [0.5, 0.6) is 0 Å². The molecule has 0 radical (unpaired) electrons. The molecule has 2 N–H and O–H groups in total. The Hall–Kier alpha value is -1.15. The largest absolute Gasteiger partial charge is 0.468 e.